The van der Waals surface area contributed by atoms with E-state index in [1.807, 2.05) is 42.5 Å². The van der Waals surface area contributed by atoms with Crippen molar-refractivity contribution >= 4 is 5.91 Å². The molecule has 4 nitrogen and oxygen atoms in total. The minimum absolute atomic E-state index is 0.0652. The predicted octanol–water partition coefficient (Wildman–Crippen LogP) is 4.46. The van der Waals surface area contributed by atoms with Gasteiger partial charge in [-0.15, -0.1) is 0 Å². The lowest BCUT2D eigenvalue weighted by molar-refractivity contribution is -0.122. The lowest BCUT2D eigenvalue weighted by atomic mass is 9.53. The lowest BCUT2D eigenvalue weighted by Gasteiger charge is -2.57. The summed E-state index contributed by atoms with van der Waals surface area (Å²) in [4.78, 5) is 13.0. The Labute approximate surface area is 179 Å². The Hall–Kier alpha value is -2.33. The fourth-order valence-corrected chi connectivity index (χ4v) is 6.61. The molecule has 0 saturated heterocycles. The van der Waals surface area contributed by atoms with Crippen molar-refractivity contribution in [2.75, 3.05) is 13.7 Å². The molecule has 0 radical (unpaired) electrons. The topological polar surface area (TPSA) is 50.4 Å². The summed E-state index contributed by atoms with van der Waals surface area (Å²) in [5.74, 6) is 3.52. The largest absolute Gasteiger partial charge is 0.497 e. The van der Waals surface area contributed by atoms with Crippen LogP contribution < -0.4 is 15.4 Å². The molecule has 0 aromatic heterocycles. The molecule has 6 rings (SSSR count). The summed E-state index contributed by atoms with van der Waals surface area (Å²) in [6, 6.07) is 18.0. The highest BCUT2D eigenvalue weighted by Crippen LogP contribution is 2.55. The summed E-state index contributed by atoms with van der Waals surface area (Å²) in [5.41, 5.74) is 2.35. The molecule has 4 saturated carbocycles. The zero-order valence-corrected chi connectivity index (χ0v) is 17.8. The highest BCUT2D eigenvalue weighted by Gasteiger charge is 2.50. The van der Waals surface area contributed by atoms with Gasteiger partial charge in [-0.05, 0) is 79.5 Å². The van der Waals surface area contributed by atoms with Gasteiger partial charge in [0.1, 0.15) is 5.75 Å². The Balaban J connectivity index is 1.28. The second kappa shape index (κ2) is 8.07. The average Bonchev–Trinajstić information content (AvgIpc) is 2.76. The first-order valence-corrected chi connectivity index (χ1v) is 11.4. The molecule has 4 aliphatic rings. The van der Waals surface area contributed by atoms with Crippen LogP contribution in [0.4, 0.5) is 0 Å². The number of amides is 1. The molecule has 0 heterocycles. The van der Waals surface area contributed by atoms with Gasteiger partial charge in [-0.3, -0.25) is 4.79 Å². The number of rotatable bonds is 7. The van der Waals surface area contributed by atoms with Crippen molar-refractivity contribution in [1.29, 1.82) is 0 Å². The summed E-state index contributed by atoms with van der Waals surface area (Å²) in [5, 5.41) is 7.00. The minimum Gasteiger partial charge on any atom is -0.497 e. The number of carbonyl (C=O) groups is 1. The van der Waals surface area contributed by atoms with Crippen LogP contribution in [0, 0.1) is 17.8 Å². The Morgan fingerprint density at radius 1 is 0.933 bits per heavy atom. The molecule has 158 valence electrons. The van der Waals surface area contributed by atoms with Crippen molar-refractivity contribution in [2.24, 2.45) is 17.8 Å². The third kappa shape index (κ3) is 3.98. The summed E-state index contributed by atoms with van der Waals surface area (Å²) in [7, 11) is 1.67. The molecule has 1 atom stereocenters. The molecule has 30 heavy (non-hydrogen) atoms. The summed E-state index contributed by atoms with van der Waals surface area (Å²) < 4.78 is 5.29. The average molecular weight is 405 g/mol. The second-order valence-electron chi connectivity index (χ2n) is 9.74. The van der Waals surface area contributed by atoms with Crippen molar-refractivity contribution in [3.05, 3.63) is 65.7 Å². The summed E-state index contributed by atoms with van der Waals surface area (Å²) in [6.45, 7) is 0.394. The smallest absolute Gasteiger partial charge is 0.234 e. The van der Waals surface area contributed by atoms with E-state index in [2.05, 4.69) is 22.8 Å². The maximum atomic E-state index is 13.0. The maximum Gasteiger partial charge on any atom is 0.234 e. The van der Waals surface area contributed by atoms with E-state index in [0.717, 1.165) is 34.6 Å². The van der Waals surface area contributed by atoms with Crippen LogP contribution in [-0.2, 0) is 4.79 Å². The van der Waals surface area contributed by atoms with Crippen LogP contribution in [0.1, 0.15) is 55.7 Å². The third-order valence-corrected chi connectivity index (χ3v) is 7.55. The van der Waals surface area contributed by atoms with Crippen LogP contribution in [0.3, 0.4) is 0 Å². The molecule has 0 spiro atoms. The van der Waals surface area contributed by atoms with Crippen LogP contribution in [0.15, 0.2) is 54.6 Å². The van der Waals surface area contributed by atoms with Crippen molar-refractivity contribution in [3.8, 4) is 5.75 Å². The first-order valence-electron chi connectivity index (χ1n) is 11.4. The van der Waals surface area contributed by atoms with Crippen LogP contribution in [0.5, 0.6) is 5.75 Å². The number of benzene rings is 2. The third-order valence-electron chi connectivity index (χ3n) is 7.55. The first kappa shape index (κ1) is 19.6. The van der Waals surface area contributed by atoms with Crippen LogP contribution in [0.2, 0.25) is 0 Å². The standard InChI is InChI=1S/C26H32N2O2/c1-30-23-9-7-22(8-10-23)25(21-5-3-2-4-6-21)28-24(29)17-27-26-14-18-11-19(15-26)13-20(12-18)16-26/h2-10,18-20,25,27H,11-17H2,1H3,(H,28,29)/t18?,19?,20?,25-,26?/m1/s1. The van der Waals surface area contributed by atoms with Crippen molar-refractivity contribution in [1.82, 2.24) is 10.6 Å². The Kier molecular flexibility index (Phi) is 5.28. The van der Waals surface area contributed by atoms with Gasteiger partial charge in [0.05, 0.1) is 19.7 Å². The number of ether oxygens (including phenoxy) is 1. The molecule has 0 unspecified atom stereocenters. The van der Waals surface area contributed by atoms with E-state index < -0.39 is 0 Å². The van der Waals surface area contributed by atoms with E-state index in [4.69, 9.17) is 4.74 Å². The predicted molar refractivity (Wildman–Crippen MR) is 118 cm³/mol. The maximum absolute atomic E-state index is 13.0. The molecule has 2 N–H and O–H groups in total. The van der Waals surface area contributed by atoms with E-state index in [1.54, 1.807) is 7.11 Å². The number of methoxy groups -OCH3 is 1. The molecule has 1 amide bonds. The van der Waals surface area contributed by atoms with Gasteiger partial charge < -0.3 is 15.4 Å². The van der Waals surface area contributed by atoms with Gasteiger partial charge >= 0.3 is 0 Å². The molecule has 4 fully saturated rings. The Bertz CT molecular complexity index is 842. The molecule has 4 heteroatoms. The lowest BCUT2D eigenvalue weighted by Crippen LogP contribution is -2.59. The second-order valence-corrected chi connectivity index (χ2v) is 9.74. The van der Waals surface area contributed by atoms with Gasteiger partial charge in [-0.25, -0.2) is 0 Å². The highest BCUT2D eigenvalue weighted by molar-refractivity contribution is 5.79. The quantitative estimate of drug-likeness (QED) is 0.716. The van der Waals surface area contributed by atoms with E-state index in [9.17, 15) is 4.79 Å². The van der Waals surface area contributed by atoms with Gasteiger partial charge in [-0.1, -0.05) is 42.5 Å². The molecule has 4 aliphatic carbocycles. The highest BCUT2D eigenvalue weighted by atomic mass is 16.5. The molecule has 0 aliphatic heterocycles. The number of hydrogen-bond donors (Lipinski definition) is 2. The van der Waals surface area contributed by atoms with Gasteiger partial charge in [0.25, 0.3) is 0 Å². The van der Waals surface area contributed by atoms with E-state index in [0.29, 0.717) is 6.54 Å². The molecular weight excluding hydrogens is 372 g/mol. The normalized spacial score (nSPS) is 30.1. The fraction of sp³-hybridized carbons (Fsp3) is 0.500. The Morgan fingerprint density at radius 3 is 2.07 bits per heavy atom. The van der Waals surface area contributed by atoms with E-state index in [-0.39, 0.29) is 17.5 Å². The van der Waals surface area contributed by atoms with Gasteiger partial charge in [-0.2, -0.15) is 0 Å². The van der Waals surface area contributed by atoms with Crippen LogP contribution in [-0.4, -0.2) is 25.1 Å². The first-order chi connectivity index (χ1) is 14.6. The molecular formula is C26H32N2O2. The van der Waals surface area contributed by atoms with Gasteiger partial charge in [0, 0.05) is 5.54 Å². The summed E-state index contributed by atoms with van der Waals surface area (Å²) >= 11 is 0. The molecule has 2 aromatic carbocycles. The zero-order chi connectivity index (χ0) is 20.6. The van der Waals surface area contributed by atoms with Crippen molar-refractivity contribution in [2.45, 2.75) is 50.1 Å². The zero-order valence-electron chi connectivity index (χ0n) is 17.8. The van der Waals surface area contributed by atoms with E-state index >= 15 is 0 Å². The van der Waals surface area contributed by atoms with Crippen LogP contribution >= 0.6 is 0 Å². The number of carbonyl (C=O) groups excluding carboxylic acids is 1. The van der Waals surface area contributed by atoms with E-state index in [1.165, 1.54) is 38.5 Å². The molecule has 4 bridgehead atoms. The van der Waals surface area contributed by atoms with Gasteiger partial charge in [0.2, 0.25) is 5.91 Å². The van der Waals surface area contributed by atoms with Crippen molar-refractivity contribution < 1.29 is 9.53 Å². The number of nitrogens with one attached hydrogen (secondary N) is 2. The SMILES string of the molecule is COc1ccc([C@H](NC(=O)CNC23CC4CC(CC(C4)C2)C3)c2ccccc2)cc1. The minimum atomic E-state index is -0.164. The number of hydrogen-bond acceptors (Lipinski definition) is 3. The fourth-order valence-electron chi connectivity index (χ4n) is 6.61. The van der Waals surface area contributed by atoms with Crippen LogP contribution in [0.25, 0.3) is 0 Å². The monoisotopic (exact) mass is 404 g/mol. The molecule has 2 aromatic rings. The Morgan fingerprint density at radius 2 is 1.50 bits per heavy atom. The van der Waals surface area contributed by atoms with Crippen molar-refractivity contribution in [3.63, 3.8) is 0 Å². The summed E-state index contributed by atoms with van der Waals surface area (Å²) in [6.07, 6.45) is 8.02. The van der Waals surface area contributed by atoms with Gasteiger partial charge in [0.15, 0.2) is 0 Å².